The Hall–Kier alpha value is -3.48. The van der Waals surface area contributed by atoms with Crippen LogP contribution < -0.4 is 11.1 Å². The molecule has 2 heterocycles. The fourth-order valence-electron chi connectivity index (χ4n) is 3.64. The second-order valence-corrected chi connectivity index (χ2v) is 7.86. The number of carbonyl (C=O) groups excluding carboxylic acids is 2. The first kappa shape index (κ1) is 23.2. The van der Waals surface area contributed by atoms with Gasteiger partial charge in [0.25, 0.3) is 5.91 Å². The molecular weight excluding hydrogens is 402 g/mol. The van der Waals surface area contributed by atoms with Gasteiger partial charge in [0.2, 0.25) is 5.91 Å². The standard InChI is InChI=1S/C25H31N5O2/c1-4-11-30(12-5-2)25(32)19-13-17-7-8-18(14-22(17)29-23(26)15-19)24(31)28-21-10-9-20(6-3)27-16-21/h7-10,13-14,16H,4-6,11-12,15H2,1-3H3,(H2,26,29)(H,28,31). The van der Waals surface area contributed by atoms with E-state index in [4.69, 9.17) is 5.73 Å². The second-order valence-electron chi connectivity index (χ2n) is 7.86. The first-order valence-corrected chi connectivity index (χ1v) is 11.2. The normalized spacial score (nSPS) is 12.8. The van der Waals surface area contributed by atoms with E-state index in [0.29, 0.717) is 41.4 Å². The van der Waals surface area contributed by atoms with Crippen LogP contribution in [0.25, 0.3) is 6.08 Å². The van der Waals surface area contributed by atoms with E-state index in [1.54, 1.807) is 18.3 Å². The van der Waals surface area contributed by atoms with Crippen LogP contribution in [0.4, 0.5) is 11.4 Å². The van der Waals surface area contributed by atoms with E-state index in [0.717, 1.165) is 30.5 Å². The number of pyridine rings is 1. The van der Waals surface area contributed by atoms with Crippen molar-refractivity contribution in [1.29, 1.82) is 0 Å². The van der Waals surface area contributed by atoms with E-state index >= 15 is 0 Å². The summed E-state index contributed by atoms with van der Waals surface area (Å²) in [7, 11) is 0. The molecule has 0 fully saturated rings. The van der Waals surface area contributed by atoms with E-state index in [1.807, 2.05) is 36.1 Å². The summed E-state index contributed by atoms with van der Waals surface area (Å²) in [6, 6.07) is 8.96. The number of aliphatic imine (C=N–C) groups is 1. The monoisotopic (exact) mass is 433 g/mol. The lowest BCUT2D eigenvalue weighted by Gasteiger charge is -2.22. The summed E-state index contributed by atoms with van der Waals surface area (Å²) in [6.45, 7) is 7.57. The number of nitrogens with zero attached hydrogens (tertiary/aromatic N) is 3. The van der Waals surface area contributed by atoms with Crippen LogP contribution in [0.5, 0.6) is 0 Å². The highest BCUT2D eigenvalue weighted by Gasteiger charge is 2.21. The molecule has 0 saturated carbocycles. The molecule has 0 bridgehead atoms. The summed E-state index contributed by atoms with van der Waals surface area (Å²) in [5, 5.41) is 2.86. The average molecular weight is 434 g/mol. The molecule has 7 heteroatoms. The van der Waals surface area contributed by atoms with Crippen LogP contribution in [0.15, 0.2) is 47.1 Å². The minimum Gasteiger partial charge on any atom is -0.387 e. The fourth-order valence-corrected chi connectivity index (χ4v) is 3.64. The molecule has 3 N–H and O–H groups in total. The third-order valence-electron chi connectivity index (χ3n) is 5.25. The van der Waals surface area contributed by atoms with Gasteiger partial charge in [-0.2, -0.15) is 0 Å². The minimum atomic E-state index is -0.255. The molecule has 1 aromatic carbocycles. The van der Waals surface area contributed by atoms with Gasteiger partial charge in [-0.05, 0) is 49.6 Å². The molecule has 2 aromatic rings. The predicted octanol–water partition coefficient (Wildman–Crippen LogP) is 4.32. The van der Waals surface area contributed by atoms with Gasteiger partial charge in [0.1, 0.15) is 5.84 Å². The van der Waals surface area contributed by atoms with Crippen molar-refractivity contribution in [3.63, 3.8) is 0 Å². The highest BCUT2D eigenvalue weighted by Crippen LogP contribution is 2.28. The maximum absolute atomic E-state index is 13.1. The Morgan fingerprint density at radius 1 is 1.09 bits per heavy atom. The maximum atomic E-state index is 13.1. The van der Waals surface area contributed by atoms with Crippen molar-refractivity contribution in [3.05, 3.63) is 58.9 Å². The summed E-state index contributed by atoms with van der Waals surface area (Å²) in [5.41, 5.74) is 10.2. The van der Waals surface area contributed by atoms with Crippen LogP contribution in [0.2, 0.25) is 0 Å². The first-order chi connectivity index (χ1) is 15.4. The number of amides is 2. The number of aryl methyl sites for hydroxylation is 1. The van der Waals surface area contributed by atoms with Gasteiger partial charge in [0.05, 0.1) is 17.6 Å². The number of hydrogen-bond acceptors (Lipinski definition) is 5. The summed E-state index contributed by atoms with van der Waals surface area (Å²) in [6.07, 6.45) is 6.41. The maximum Gasteiger partial charge on any atom is 0.255 e. The lowest BCUT2D eigenvalue weighted by atomic mass is 10.0. The van der Waals surface area contributed by atoms with Gasteiger partial charge in [0, 0.05) is 41.9 Å². The fraction of sp³-hybridized carbons (Fsp3) is 0.360. The lowest BCUT2D eigenvalue weighted by Crippen LogP contribution is -2.34. The zero-order valence-corrected chi connectivity index (χ0v) is 19.0. The van der Waals surface area contributed by atoms with Crippen molar-refractivity contribution in [2.45, 2.75) is 46.5 Å². The van der Waals surface area contributed by atoms with Gasteiger partial charge in [-0.1, -0.05) is 26.8 Å². The first-order valence-electron chi connectivity index (χ1n) is 11.2. The highest BCUT2D eigenvalue weighted by molar-refractivity contribution is 6.07. The number of fused-ring (bicyclic) bond motifs is 1. The zero-order valence-electron chi connectivity index (χ0n) is 19.0. The largest absolute Gasteiger partial charge is 0.387 e. The SMILES string of the molecule is CCCN(CCC)C(=O)C1=Cc2ccc(C(=O)Nc3ccc(CC)nc3)cc2N=C(N)C1. The van der Waals surface area contributed by atoms with Gasteiger partial charge in [-0.25, -0.2) is 4.99 Å². The van der Waals surface area contributed by atoms with E-state index in [9.17, 15) is 9.59 Å². The van der Waals surface area contributed by atoms with Gasteiger partial charge in [-0.15, -0.1) is 0 Å². The molecule has 0 atom stereocenters. The Balaban J connectivity index is 1.84. The van der Waals surface area contributed by atoms with Crippen molar-refractivity contribution in [1.82, 2.24) is 9.88 Å². The van der Waals surface area contributed by atoms with Gasteiger partial charge >= 0.3 is 0 Å². The number of carbonyl (C=O) groups is 2. The topological polar surface area (TPSA) is 101 Å². The number of aromatic nitrogens is 1. The Morgan fingerprint density at radius 3 is 2.47 bits per heavy atom. The van der Waals surface area contributed by atoms with Crippen LogP contribution in [0.3, 0.4) is 0 Å². The molecule has 7 nitrogen and oxygen atoms in total. The zero-order chi connectivity index (χ0) is 23.1. The van der Waals surface area contributed by atoms with E-state index in [1.165, 1.54) is 0 Å². The molecule has 1 aliphatic heterocycles. The number of anilines is 1. The van der Waals surface area contributed by atoms with Crippen molar-refractivity contribution < 1.29 is 9.59 Å². The van der Waals surface area contributed by atoms with E-state index < -0.39 is 0 Å². The van der Waals surface area contributed by atoms with Gasteiger partial charge in [-0.3, -0.25) is 14.6 Å². The molecule has 0 aliphatic carbocycles. The third kappa shape index (κ3) is 5.60. The van der Waals surface area contributed by atoms with E-state index in [2.05, 4.69) is 29.1 Å². The number of nitrogens with two attached hydrogens (primary N) is 1. The van der Waals surface area contributed by atoms with Crippen LogP contribution in [-0.2, 0) is 11.2 Å². The number of nitrogens with one attached hydrogen (secondary N) is 1. The molecule has 0 spiro atoms. The Morgan fingerprint density at radius 2 is 1.84 bits per heavy atom. The lowest BCUT2D eigenvalue weighted by molar-refractivity contribution is -0.127. The van der Waals surface area contributed by atoms with Crippen LogP contribution in [0, 0.1) is 0 Å². The molecule has 2 amide bonds. The molecule has 0 saturated heterocycles. The summed E-state index contributed by atoms with van der Waals surface area (Å²) >= 11 is 0. The third-order valence-corrected chi connectivity index (χ3v) is 5.25. The summed E-state index contributed by atoms with van der Waals surface area (Å²) in [4.78, 5) is 36.5. The summed E-state index contributed by atoms with van der Waals surface area (Å²) < 4.78 is 0. The molecule has 1 aromatic heterocycles. The average Bonchev–Trinajstić information content (AvgIpc) is 2.96. The Bertz CT molecular complexity index is 1030. The Labute approximate surface area is 189 Å². The molecule has 3 rings (SSSR count). The summed E-state index contributed by atoms with van der Waals surface area (Å²) in [5.74, 6) is 0.0898. The molecule has 32 heavy (non-hydrogen) atoms. The molecule has 0 unspecified atom stereocenters. The van der Waals surface area contributed by atoms with Crippen LogP contribution in [-0.4, -0.2) is 40.6 Å². The van der Waals surface area contributed by atoms with Gasteiger partial charge in [0.15, 0.2) is 0 Å². The smallest absolute Gasteiger partial charge is 0.255 e. The minimum absolute atomic E-state index is 0.00968. The Kier molecular flexibility index (Phi) is 7.76. The number of hydrogen-bond donors (Lipinski definition) is 2. The molecule has 0 radical (unpaired) electrons. The van der Waals surface area contributed by atoms with Crippen LogP contribution >= 0.6 is 0 Å². The van der Waals surface area contributed by atoms with Gasteiger partial charge < -0.3 is 16.0 Å². The number of benzene rings is 1. The van der Waals surface area contributed by atoms with Crippen molar-refractivity contribution in [2.75, 3.05) is 18.4 Å². The van der Waals surface area contributed by atoms with Crippen molar-refractivity contribution >= 4 is 35.1 Å². The van der Waals surface area contributed by atoms with E-state index in [-0.39, 0.29) is 18.2 Å². The van der Waals surface area contributed by atoms with Crippen molar-refractivity contribution in [2.24, 2.45) is 10.7 Å². The second kappa shape index (κ2) is 10.7. The molecular formula is C25H31N5O2. The predicted molar refractivity (Wildman–Crippen MR) is 129 cm³/mol. The van der Waals surface area contributed by atoms with Crippen LogP contribution in [0.1, 0.15) is 61.6 Å². The van der Waals surface area contributed by atoms with Crippen molar-refractivity contribution in [3.8, 4) is 0 Å². The quantitative estimate of drug-likeness (QED) is 0.647. The molecule has 1 aliphatic rings. The molecule has 168 valence electrons. The number of rotatable bonds is 8. The number of amidine groups is 1. The highest BCUT2D eigenvalue weighted by atomic mass is 16.2.